The van der Waals surface area contributed by atoms with Gasteiger partial charge in [0.15, 0.2) is 11.5 Å². The Kier molecular flexibility index (Phi) is 5.19. The molecule has 2 aromatic carbocycles. The monoisotopic (exact) mass is 379 g/mol. The van der Waals surface area contributed by atoms with Gasteiger partial charge in [-0.3, -0.25) is 0 Å². The maximum Gasteiger partial charge on any atom is 0.162 e. The molecule has 1 saturated heterocycles. The highest BCUT2D eigenvalue weighted by atomic mass is 16.5. The smallest absolute Gasteiger partial charge is 0.162 e. The Bertz CT molecular complexity index is 959. The van der Waals surface area contributed by atoms with Crippen LogP contribution in [0.15, 0.2) is 42.7 Å². The number of fused-ring (bicyclic) bond motifs is 1. The number of nitrogens with zero attached hydrogens (tertiary/aromatic N) is 3. The topological polar surface area (TPSA) is 56.7 Å². The van der Waals surface area contributed by atoms with E-state index in [4.69, 9.17) is 14.2 Å². The Hall–Kier alpha value is -3.02. The Balaban J connectivity index is 1.66. The van der Waals surface area contributed by atoms with Crippen LogP contribution in [-0.4, -0.2) is 44.4 Å². The van der Waals surface area contributed by atoms with Gasteiger partial charge in [-0.05, 0) is 36.6 Å². The molecule has 6 nitrogen and oxygen atoms in total. The number of hydrogen-bond acceptors (Lipinski definition) is 6. The van der Waals surface area contributed by atoms with E-state index in [-0.39, 0.29) is 0 Å². The third-order valence-electron chi connectivity index (χ3n) is 5.43. The van der Waals surface area contributed by atoms with Crippen LogP contribution in [0.3, 0.4) is 0 Å². The second kappa shape index (κ2) is 7.92. The lowest BCUT2D eigenvalue weighted by molar-refractivity contribution is 0.355. The van der Waals surface area contributed by atoms with E-state index in [9.17, 15) is 0 Å². The summed E-state index contributed by atoms with van der Waals surface area (Å²) in [5.74, 6) is 3.66. The summed E-state index contributed by atoms with van der Waals surface area (Å²) in [7, 11) is 4.98. The summed E-state index contributed by atoms with van der Waals surface area (Å²) in [6.45, 7) is 1.90. The van der Waals surface area contributed by atoms with E-state index < -0.39 is 0 Å². The minimum Gasteiger partial charge on any atom is -0.497 e. The maximum absolute atomic E-state index is 5.49. The molecule has 0 aliphatic carbocycles. The van der Waals surface area contributed by atoms with E-state index in [1.165, 1.54) is 12.0 Å². The van der Waals surface area contributed by atoms with Crippen molar-refractivity contribution in [2.24, 2.45) is 0 Å². The van der Waals surface area contributed by atoms with Crippen molar-refractivity contribution in [2.45, 2.75) is 18.8 Å². The molecule has 0 saturated carbocycles. The lowest BCUT2D eigenvalue weighted by atomic mass is 9.90. The first-order valence-electron chi connectivity index (χ1n) is 9.49. The summed E-state index contributed by atoms with van der Waals surface area (Å²) >= 11 is 0. The predicted molar refractivity (Wildman–Crippen MR) is 110 cm³/mol. The third kappa shape index (κ3) is 3.42. The summed E-state index contributed by atoms with van der Waals surface area (Å²) in [5.41, 5.74) is 2.19. The number of benzene rings is 2. The molecule has 0 spiro atoms. The van der Waals surface area contributed by atoms with Gasteiger partial charge in [0.2, 0.25) is 0 Å². The molecule has 1 atom stereocenters. The molecule has 2 heterocycles. The van der Waals surface area contributed by atoms with Crippen LogP contribution in [0.25, 0.3) is 10.9 Å². The van der Waals surface area contributed by atoms with E-state index in [1.807, 2.05) is 24.3 Å². The van der Waals surface area contributed by atoms with Gasteiger partial charge < -0.3 is 19.1 Å². The molecule has 0 N–H and O–H groups in total. The molecule has 3 aromatic rings. The highest BCUT2D eigenvalue weighted by Gasteiger charge is 2.24. The van der Waals surface area contributed by atoms with Gasteiger partial charge >= 0.3 is 0 Å². The van der Waals surface area contributed by atoms with Crippen molar-refractivity contribution < 1.29 is 14.2 Å². The van der Waals surface area contributed by atoms with E-state index in [2.05, 4.69) is 27.0 Å². The molecule has 28 heavy (non-hydrogen) atoms. The van der Waals surface area contributed by atoms with Crippen LogP contribution in [0.2, 0.25) is 0 Å². The molecule has 6 heteroatoms. The Morgan fingerprint density at radius 2 is 1.68 bits per heavy atom. The Morgan fingerprint density at radius 1 is 0.929 bits per heavy atom. The fraction of sp³-hybridized carbons (Fsp3) is 0.364. The summed E-state index contributed by atoms with van der Waals surface area (Å²) in [4.78, 5) is 11.4. The molecule has 0 bridgehead atoms. The summed E-state index contributed by atoms with van der Waals surface area (Å²) < 4.78 is 16.2. The SMILES string of the molecule is COc1ccc([C@@H]2CCCN(c3ncnc4cc(OC)c(OC)cc34)C2)cc1. The van der Waals surface area contributed by atoms with Gasteiger partial charge in [0, 0.05) is 30.5 Å². The fourth-order valence-electron chi connectivity index (χ4n) is 3.94. The van der Waals surface area contributed by atoms with E-state index in [1.54, 1.807) is 27.7 Å². The van der Waals surface area contributed by atoms with Crippen molar-refractivity contribution in [1.82, 2.24) is 9.97 Å². The zero-order chi connectivity index (χ0) is 19.5. The number of hydrogen-bond donors (Lipinski definition) is 0. The quantitative estimate of drug-likeness (QED) is 0.667. The van der Waals surface area contributed by atoms with Gasteiger partial charge in [0.25, 0.3) is 0 Å². The van der Waals surface area contributed by atoms with Crippen LogP contribution in [0.5, 0.6) is 17.2 Å². The maximum atomic E-state index is 5.49. The Labute approximate surface area is 165 Å². The Morgan fingerprint density at radius 3 is 2.39 bits per heavy atom. The number of rotatable bonds is 5. The largest absolute Gasteiger partial charge is 0.497 e. The molecule has 1 aliphatic rings. The van der Waals surface area contributed by atoms with Gasteiger partial charge in [-0.15, -0.1) is 0 Å². The molecular formula is C22H25N3O3. The molecule has 0 unspecified atom stereocenters. The van der Waals surface area contributed by atoms with Crippen molar-refractivity contribution in [3.63, 3.8) is 0 Å². The van der Waals surface area contributed by atoms with Gasteiger partial charge in [-0.25, -0.2) is 9.97 Å². The fourth-order valence-corrected chi connectivity index (χ4v) is 3.94. The number of aromatic nitrogens is 2. The molecule has 1 aromatic heterocycles. The molecule has 4 rings (SSSR count). The molecule has 1 fully saturated rings. The summed E-state index contributed by atoms with van der Waals surface area (Å²) in [6.07, 6.45) is 3.92. The molecule has 1 aliphatic heterocycles. The first kappa shape index (κ1) is 18.3. The normalized spacial score (nSPS) is 16.8. The number of ether oxygens (including phenoxy) is 3. The van der Waals surface area contributed by atoms with E-state index in [0.29, 0.717) is 17.4 Å². The average Bonchev–Trinajstić information content (AvgIpc) is 2.77. The highest BCUT2D eigenvalue weighted by molar-refractivity contribution is 5.92. The first-order chi connectivity index (χ1) is 13.7. The minimum atomic E-state index is 0.463. The minimum absolute atomic E-state index is 0.463. The van der Waals surface area contributed by atoms with E-state index in [0.717, 1.165) is 42.0 Å². The van der Waals surface area contributed by atoms with Crippen LogP contribution in [0, 0.1) is 0 Å². The lowest BCUT2D eigenvalue weighted by Gasteiger charge is -2.34. The number of methoxy groups -OCH3 is 3. The highest BCUT2D eigenvalue weighted by Crippen LogP contribution is 2.37. The lowest BCUT2D eigenvalue weighted by Crippen LogP contribution is -2.35. The predicted octanol–water partition coefficient (Wildman–Crippen LogP) is 4.04. The summed E-state index contributed by atoms with van der Waals surface area (Å²) in [5, 5.41) is 0.982. The van der Waals surface area contributed by atoms with Gasteiger partial charge in [-0.1, -0.05) is 12.1 Å². The van der Waals surface area contributed by atoms with Gasteiger partial charge in [0.1, 0.15) is 17.9 Å². The second-order valence-corrected chi connectivity index (χ2v) is 6.98. The van der Waals surface area contributed by atoms with Gasteiger partial charge in [-0.2, -0.15) is 0 Å². The van der Waals surface area contributed by atoms with Crippen molar-refractivity contribution in [3.8, 4) is 17.2 Å². The molecule has 0 radical (unpaired) electrons. The number of piperidine rings is 1. The van der Waals surface area contributed by atoms with Crippen molar-refractivity contribution in [2.75, 3.05) is 39.3 Å². The zero-order valence-corrected chi connectivity index (χ0v) is 16.5. The third-order valence-corrected chi connectivity index (χ3v) is 5.43. The van der Waals surface area contributed by atoms with Crippen molar-refractivity contribution in [3.05, 3.63) is 48.3 Å². The van der Waals surface area contributed by atoms with Crippen LogP contribution in [0.4, 0.5) is 5.82 Å². The standard InChI is InChI=1S/C22H25N3O3/c1-26-17-8-6-15(7-9-17)16-5-4-10-25(13-16)22-18-11-20(27-2)21(28-3)12-19(18)23-14-24-22/h6-9,11-12,14,16H,4-5,10,13H2,1-3H3/t16-/m1/s1. The zero-order valence-electron chi connectivity index (χ0n) is 16.5. The van der Waals surface area contributed by atoms with Gasteiger partial charge in [0.05, 0.1) is 26.8 Å². The molecular weight excluding hydrogens is 354 g/mol. The van der Waals surface area contributed by atoms with Crippen LogP contribution >= 0.6 is 0 Å². The van der Waals surface area contributed by atoms with Crippen LogP contribution in [0.1, 0.15) is 24.3 Å². The number of anilines is 1. The average molecular weight is 379 g/mol. The molecule has 146 valence electrons. The van der Waals surface area contributed by atoms with Crippen molar-refractivity contribution >= 4 is 16.7 Å². The molecule has 0 amide bonds. The summed E-state index contributed by atoms with van der Waals surface area (Å²) in [6, 6.07) is 12.3. The van der Waals surface area contributed by atoms with Crippen LogP contribution in [-0.2, 0) is 0 Å². The van der Waals surface area contributed by atoms with Crippen molar-refractivity contribution in [1.29, 1.82) is 0 Å². The first-order valence-corrected chi connectivity index (χ1v) is 9.49. The van der Waals surface area contributed by atoms with Crippen LogP contribution < -0.4 is 19.1 Å². The van der Waals surface area contributed by atoms with E-state index >= 15 is 0 Å². The second-order valence-electron chi connectivity index (χ2n) is 6.98.